The van der Waals surface area contributed by atoms with Crippen LogP contribution >= 0.6 is 0 Å². The molecule has 1 aromatic carbocycles. The van der Waals surface area contributed by atoms with E-state index in [9.17, 15) is 13.2 Å². The van der Waals surface area contributed by atoms with Gasteiger partial charge in [0.15, 0.2) is 0 Å². The van der Waals surface area contributed by atoms with Crippen molar-refractivity contribution in [3.63, 3.8) is 0 Å². The standard InChI is InChI=1S/C17H26N2O4S/c1-3-23-15-7-8-16(14(2)13-15)24(21,22)18-10-9-17(20)19-11-5-4-6-12-19/h7-8,13,18H,3-6,9-12H2,1-2H3. The average Bonchev–Trinajstić information content (AvgIpc) is 2.55. The van der Waals surface area contributed by atoms with Crippen molar-refractivity contribution in [2.75, 3.05) is 26.2 Å². The SMILES string of the molecule is CCOc1ccc(S(=O)(=O)NCCC(=O)N2CCCCC2)c(C)c1. The number of rotatable bonds is 7. The lowest BCUT2D eigenvalue weighted by molar-refractivity contribution is -0.131. The highest BCUT2D eigenvalue weighted by Crippen LogP contribution is 2.21. The minimum atomic E-state index is -3.63. The number of amides is 1. The minimum absolute atomic E-state index is 0.0146. The number of nitrogens with zero attached hydrogens (tertiary/aromatic N) is 1. The van der Waals surface area contributed by atoms with Gasteiger partial charge in [-0.1, -0.05) is 0 Å². The first-order valence-electron chi connectivity index (χ1n) is 8.45. The first kappa shape index (κ1) is 18.7. The van der Waals surface area contributed by atoms with Gasteiger partial charge < -0.3 is 9.64 Å². The molecule has 0 bridgehead atoms. The molecule has 7 heteroatoms. The molecule has 1 amide bonds. The number of carbonyl (C=O) groups is 1. The number of likely N-dealkylation sites (tertiary alicyclic amines) is 1. The second-order valence-corrected chi connectivity index (χ2v) is 7.68. The largest absolute Gasteiger partial charge is 0.494 e. The first-order chi connectivity index (χ1) is 11.4. The Kier molecular flexibility index (Phi) is 6.62. The highest BCUT2D eigenvalue weighted by molar-refractivity contribution is 7.89. The van der Waals surface area contributed by atoms with Crippen LogP contribution in [0.1, 0.15) is 38.2 Å². The number of sulfonamides is 1. The average molecular weight is 354 g/mol. The number of benzene rings is 1. The zero-order chi connectivity index (χ0) is 17.6. The van der Waals surface area contributed by atoms with Crippen LogP contribution in [-0.2, 0) is 14.8 Å². The number of piperidine rings is 1. The Hall–Kier alpha value is -1.60. The Labute approximate surface area is 144 Å². The molecule has 1 aromatic rings. The molecule has 1 aliphatic heterocycles. The topological polar surface area (TPSA) is 75.7 Å². The van der Waals surface area contributed by atoms with E-state index in [1.807, 2.05) is 11.8 Å². The van der Waals surface area contributed by atoms with Crippen molar-refractivity contribution >= 4 is 15.9 Å². The molecule has 1 saturated heterocycles. The zero-order valence-corrected chi connectivity index (χ0v) is 15.2. The van der Waals surface area contributed by atoms with Crippen LogP contribution in [0, 0.1) is 6.92 Å². The van der Waals surface area contributed by atoms with Gasteiger partial charge in [0.05, 0.1) is 11.5 Å². The second-order valence-electron chi connectivity index (χ2n) is 5.95. The number of nitrogens with one attached hydrogen (secondary N) is 1. The van der Waals surface area contributed by atoms with Gasteiger partial charge in [0.2, 0.25) is 15.9 Å². The molecule has 0 radical (unpaired) electrons. The zero-order valence-electron chi connectivity index (χ0n) is 14.4. The fourth-order valence-corrected chi connectivity index (χ4v) is 4.11. The van der Waals surface area contributed by atoms with Crippen LogP contribution in [0.15, 0.2) is 23.1 Å². The summed E-state index contributed by atoms with van der Waals surface area (Å²) in [5.41, 5.74) is 0.621. The van der Waals surface area contributed by atoms with E-state index in [-0.39, 0.29) is 23.8 Å². The van der Waals surface area contributed by atoms with Crippen molar-refractivity contribution in [3.05, 3.63) is 23.8 Å². The maximum atomic E-state index is 12.4. The van der Waals surface area contributed by atoms with Crippen molar-refractivity contribution in [1.82, 2.24) is 9.62 Å². The van der Waals surface area contributed by atoms with Gasteiger partial charge in [-0.15, -0.1) is 0 Å². The molecule has 0 atom stereocenters. The van der Waals surface area contributed by atoms with E-state index >= 15 is 0 Å². The van der Waals surface area contributed by atoms with Gasteiger partial charge in [0.25, 0.3) is 0 Å². The Bertz CT molecular complexity index is 667. The van der Waals surface area contributed by atoms with E-state index in [0.717, 1.165) is 32.4 Å². The number of aryl methyl sites for hydroxylation is 1. The maximum absolute atomic E-state index is 12.4. The summed E-state index contributed by atoms with van der Waals surface area (Å²) in [6.45, 7) is 5.82. The van der Waals surface area contributed by atoms with E-state index in [1.54, 1.807) is 19.1 Å². The summed E-state index contributed by atoms with van der Waals surface area (Å²) >= 11 is 0. The van der Waals surface area contributed by atoms with Crippen LogP contribution in [0.4, 0.5) is 0 Å². The summed E-state index contributed by atoms with van der Waals surface area (Å²) in [7, 11) is -3.63. The van der Waals surface area contributed by atoms with Gasteiger partial charge in [-0.3, -0.25) is 4.79 Å². The molecule has 134 valence electrons. The molecule has 24 heavy (non-hydrogen) atoms. The monoisotopic (exact) mass is 354 g/mol. The number of carbonyl (C=O) groups excluding carboxylic acids is 1. The Morgan fingerprint density at radius 1 is 1.25 bits per heavy atom. The lowest BCUT2D eigenvalue weighted by atomic mass is 10.1. The fourth-order valence-electron chi connectivity index (χ4n) is 2.85. The van der Waals surface area contributed by atoms with Crippen molar-refractivity contribution in [2.24, 2.45) is 0 Å². The third kappa shape index (κ3) is 4.95. The molecular weight excluding hydrogens is 328 g/mol. The lowest BCUT2D eigenvalue weighted by Gasteiger charge is -2.26. The number of ether oxygens (including phenoxy) is 1. The molecule has 1 aliphatic rings. The molecule has 0 saturated carbocycles. The summed E-state index contributed by atoms with van der Waals surface area (Å²) in [4.78, 5) is 14.1. The van der Waals surface area contributed by atoms with Crippen LogP contribution in [0.3, 0.4) is 0 Å². The first-order valence-corrected chi connectivity index (χ1v) is 9.93. The molecule has 0 aromatic heterocycles. The molecule has 6 nitrogen and oxygen atoms in total. The van der Waals surface area contributed by atoms with Crippen LogP contribution < -0.4 is 9.46 Å². The minimum Gasteiger partial charge on any atom is -0.494 e. The highest BCUT2D eigenvalue weighted by atomic mass is 32.2. The van der Waals surface area contributed by atoms with Crippen LogP contribution in [-0.4, -0.2) is 45.5 Å². The van der Waals surface area contributed by atoms with Gasteiger partial charge in [-0.2, -0.15) is 0 Å². The van der Waals surface area contributed by atoms with Gasteiger partial charge in [0.1, 0.15) is 5.75 Å². The van der Waals surface area contributed by atoms with E-state index in [1.165, 1.54) is 6.07 Å². The smallest absolute Gasteiger partial charge is 0.240 e. The van der Waals surface area contributed by atoms with Crippen LogP contribution in [0.2, 0.25) is 0 Å². The summed E-state index contributed by atoms with van der Waals surface area (Å²) in [6, 6.07) is 4.88. The van der Waals surface area contributed by atoms with Crippen LogP contribution in [0.25, 0.3) is 0 Å². The van der Waals surface area contributed by atoms with Gasteiger partial charge >= 0.3 is 0 Å². The van der Waals surface area contributed by atoms with Crippen molar-refractivity contribution in [2.45, 2.75) is 44.4 Å². The number of hydrogen-bond acceptors (Lipinski definition) is 4. The highest BCUT2D eigenvalue weighted by Gasteiger charge is 2.19. The predicted octanol–water partition coefficient (Wildman–Crippen LogP) is 2.07. The van der Waals surface area contributed by atoms with E-state index in [2.05, 4.69) is 4.72 Å². The van der Waals surface area contributed by atoms with E-state index < -0.39 is 10.0 Å². The summed E-state index contributed by atoms with van der Waals surface area (Å²) in [5, 5.41) is 0. The molecule has 2 rings (SSSR count). The lowest BCUT2D eigenvalue weighted by Crippen LogP contribution is -2.37. The molecule has 1 heterocycles. The van der Waals surface area contributed by atoms with Gasteiger partial charge in [0, 0.05) is 26.1 Å². The maximum Gasteiger partial charge on any atom is 0.240 e. The summed E-state index contributed by atoms with van der Waals surface area (Å²) < 4.78 is 32.7. The quantitative estimate of drug-likeness (QED) is 0.813. The molecule has 1 N–H and O–H groups in total. The Morgan fingerprint density at radius 2 is 1.96 bits per heavy atom. The third-order valence-corrected chi connectivity index (χ3v) is 5.71. The van der Waals surface area contributed by atoms with Crippen molar-refractivity contribution < 1.29 is 17.9 Å². The van der Waals surface area contributed by atoms with Crippen LogP contribution in [0.5, 0.6) is 5.75 Å². The molecule has 0 aliphatic carbocycles. The molecular formula is C17H26N2O4S. The molecule has 0 unspecified atom stereocenters. The van der Waals surface area contributed by atoms with E-state index in [0.29, 0.717) is 17.9 Å². The summed E-state index contributed by atoms with van der Waals surface area (Å²) in [5.74, 6) is 0.662. The normalized spacial score (nSPS) is 15.3. The molecule has 0 spiro atoms. The fraction of sp³-hybridized carbons (Fsp3) is 0.588. The number of hydrogen-bond donors (Lipinski definition) is 1. The van der Waals surface area contributed by atoms with Crippen molar-refractivity contribution in [3.8, 4) is 5.75 Å². The van der Waals surface area contributed by atoms with Gasteiger partial charge in [-0.05, 0) is 56.9 Å². The third-order valence-electron chi connectivity index (χ3n) is 4.09. The Morgan fingerprint density at radius 3 is 2.58 bits per heavy atom. The van der Waals surface area contributed by atoms with E-state index in [4.69, 9.17) is 4.74 Å². The Balaban J connectivity index is 1.92. The van der Waals surface area contributed by atoms with Crippen molar-refractivity contribution in [1.29, 1.82) is 0 Å². The van der Waals surface area contributed by atoms with Gasteiger partial charge in [-0.25, -0.2) is 13.1 Å². The molecule has 1 fully saturated rings. The summed E-state index contributed by atoms with van der Waals surface area (Å²) in [6.07, 6.45) is 3.41. The predicted molar refractivity (Wildman–Crippen MR) is 92.6 cm³/mol. The second kappa shape index (κ2) is 8.48.